The average Bonchev–Trinajstić information content (AvgIpc) is 2.75. The van der Waals surface area contributed by atoms with Crippen LogP contribution in [0.3, 0.4) is 0 Å². The van der Waals surface area contributed by atoms with E-state index >= 15 is 0 Å². The maximum atomic E-state index is 5.84. The summed E-state index contributed by atoms with van der Waals surface area (Å²) >= 11 is 5.84. The zero-order chi connectivity index (χ0) is 12.3. The lowest BCUT2D eigenvalue weighted by Gasteiger charge is -2.15. The highest BCUT2D eigenvalue weighted by atomic mass is 35.5. The molecule has 0 aliphatic carbocycles. The first kappa shape index (κ1) is 12.0. The Labute approximate surface area is 105 Å². The molecule has 0 aliphatic rings. The number of hydrazine groups is 1. The summed E-state index contributed by atoms with van der Waals surface area (Å²) in [6, 6.07) is 7.68. The van der Waals surface area contributed by atoms with Crippen LogP contribution < -0.4 is 11.3 Å². The second-order valence-electron chi connectivity index (χ2n) is 3.83. The molecular weight excluding hydrogens is 238 g/mol. The van der Waals surface area contributed by atoms with Gasteiger partial charge < -0.3 is 0 Å². The summed E-state index contributed by atoms with van der Waals surface area (Å²) in [6.45, 7) is 0. The van der Waals surface area contributed by atoms with Crippen molar-refractivity contribution in [3.05, 3.63) is 46.7 Å². The van der Waals surface area contributed by atoms with Gasteiger partial charge in [-0.3, -0.25) is 16.0 Å². The van der Waals surface area contributed by atoms with Crippen molar-refractivity contribution in [1.82, 2.24) is 20.4 Å². The highest BCUT2D eigenvalue weighted by Gasteiger charge is 2.14. The maximum Gasteiger partial charge on any atom is 0.0770 e. The summed E-state index contributed by atoms with van der Waals surface area (Å²) in [4.78, 5) is 0. The van der Waals surface area contributed by atoms with E-state index in [0.717, 1.165) is 22.7 Å². The zero-order valence-electron chi connectivity index (χ0n) is 9.47. The Morgan fingerprint density at radius 2 is 2.12 bits per heavy atom. The average molecular weight is 252 g/mol. The molecule has 0 amide bonds. The van der Waals surface area contributed by atoms with Gasteiger partial charge in [-0.25, -0.2) is 0 Å². The van der Waals surface area contributed by atoms with Crippen molar-refractivity contribution < 1.29 is 0 Å². The predicted molar refractivity (Wildman–Crippen MR) is 66.2 cm³/mol. The second kappa shape index (κ2) is 5.27. The molecular formula is C11H14ClN5. The van der Waals surface area contributed by atoms with Gasteiger partial charge in [0.2, 0.25) is 0 Å². The molecule has 0 bridgehead atoms. The van der Waals surface area contributed by atoms with Gasteiger partial charge in [0, 0.05) is 12.1 Å². The summed E-state index contributed by atoms with van der Waals surface area (Å²) in [5, 5.41) is 8.46. The highest BCUT2D eigenvalue weighted by Crippen LogP contribution is 2.17. The van der Waals surface area contributed by atoms with Crippen molar-refractivity contribution in [2.45, 2.75) is 12.5 Å². The van der Waals surface area contributed by atoms with Crippen LogP contribution in [0.4, 0.5) is 0 Å². The van der Waals surface area contributed by atoms with Gasteiger partial charge >= 0.3 is 0 Å². The number of nitrogens with zero attached hydrogens (tertiary/aromatic N) is 3. The minimum absolute atomic E-state index is 0.0174. The molecule has 0 saturated carbocycles. The van der Waals surface area contributed by atoms with Crippen molar-refractivity contribution in [3.63, 3.8) is 0 Å². The molecule has 1 heterocycles. The normalized spacial score (nSPS) is 12.6. The van der Waals surface area contributed by atoms with E-state index in [1.165, 1.54) is 0 Å². The molecule has 0 aliphatic heterocycles. The number of aryl methyl sites for hydroxylation is 1. The minimum Gasteiger partial charge on any atom is -0.271 e. The van der Waals surface area contributed by atoms with Gasteiger partial charge in [0.05, 0.1) is 17.9 Å². The number of hydrogen-bond donors (Lipinski definition) is 2. The van der Waals surface area contributed by atoms with Gasteiger partial charge in [-0.1, -0.05) is 28.9 Å². The predicted octanol–water partition coefficient (Wildman–Crippen LogP) is 1.22. The molecule has 0 spiro atoms. The molecule has 90 valence electrons. The first-order valence-corrected chi connectivity index (χ1v) is 5.63. The van der Waals surface area contributed by atoms with Crippen LogP contribution in [0.5, 0.6) is 0 Å². The maximum absolute atomic E-state index is 5.84. The summed E-state index contributed by atoms with van der Waals surface area (Å²) in [7, 11) is 1.84. The SMILES string of the molecule is Cn1nncc1C(Cc1ccc(Cl)cc1)NN. The molecule has 0 fully saturated rings. The number of benzene rings is 1. The van der Waals surface area contributed by atoms with Crippen molar-refractivity contribution in [1.29, 1.82) is 0 Å². The Bertz CT molecular complexity index is 479. The van der Waals surface area contributed by atoms with Gasteiger partial charge in [-0.2, -0.15) is 0 Å². The summed E-state index contributed by atoms with van der Waals surface area (Å²) < 4.78 is 1.71. The minimum atomic E-state index is -0.0174. The van der Waals surface area contributed by atoms with E-state index in [1.807, 2.05) is 31.3 Å². The van der Waals surface area contributed by atoms with Crippen molar-refractivity contribution >= 4 is 11.6 Å². The van der Waals surface area contributed by atoms with Crippen LogP contribution in [0.25, 0.3) is 0 Å². The third kappa shape index (κ3) is 2.82. The van der Waals surface area contributed by atoms with E-state index in [-0.39, 0.29) is 6.04 Å². The van der Waals surface area contributed by atoms with Crippen molar-refractivity contribution in [2.75, 3.05) is 0 Å². The smallest absolute Gasteiger partial charge is 0.0770 e. The van der Waals surface area contributed by atoms with Crippen molar-refractivity contribution in [3.8, 4) is 0 Å². The van der Waals surface area contributed by atoms with Crippen LogP contribution >= 0.6 is 11.6 Å². The Morgan fingerprint density at radius 3 is 2.65 bits per heavy atom. The van der Waals surface area contributed by atoms with E-state index in [2.05, 4.69) is 15.7 Å². The third-order valence-electron chi connectivity index (χ3n) is 2.66. The Hall–Kier alpha value is -1.43. The molecule has 1 atom stereocenters. The standard InChI is InChI=1S/C11H14ClN5/c1-17-11(7-14-16-17)10(15-13)6-8-2-4-9(12)5-3-8/h2-5,7,10,15H,6,13H2,1H3. The lowest BCUT2D eigenvalue weighted by atomic mass is 10.0. The lowest BCUT2D eigenvalue weighted by molar-refractivity contribution is 0.507. The summed E-state index contributed by atoms with van der Waals surface area (Å²) in [5.41, 5.74) is 4.87. The topological polar surface area (TPSA) is 68.8 Å². The number of nitrogens with two attached hydrogens (primary N) is 1. The van der Waals surface area contributed by atoms with Crippen LogP contribution in [0.1, 0.15) is 17.3 Å². The number of hydrogen-bond acceptors (Lipinski definition) is 4. The quantitative estimate of drug-likeness (QED) is 0.633. The van der Waals surface area contributed by atoms with Crippen LogP contribution in [-0.2, 0) is 13.5 Å². The van der Waals surface area contributed by atoms with Crippen molar-refractivity contribution in [2.24, 2.45) is 12.9 Å². The molecule has 1 unspecified atom stereocenters. The fourth-order valence-electron chi connectivity index (χ4n) is 1.72. The fraction of sp³-hybridized carbons (Fsp3) is 0.273. The van der Waals surface area contributed by atoms with Crippen LogP contribution in [0.15, 0.2) is 30.5 Å². The number of nitrogens with one attached hydrogen (secondary N) is 1. The van der Waals surface area contributed by atoms with Crippen LogP contribution in [0, 0.1) is 0 Å². The fourth-order valence-corrected chi connectivity index (χ4v) is 1.84. The molecule has 3 N–H and O–H groups in total. The lowest BCUT2D eigenvalue weighted by Crippen LogP contribution is -2.31. The summed E-state index contributed by atoms with van der Waals surface area (Å²) in [5.74, 6) is 5.57. The Kier molecular flexibility index (Phi) is 3.73. The highest BCUT2D eigenvalue weighted by molar-refractivity contribution is 6.30. The summed E-state index contributed by atoms with van der Waals surface area (Å²) in [6.07, 6.45) is 2.47. The number of halogens is 1. The second-order valence-corrected chi connectivity index (χ2v) is 4.27. The molecule has 17 heavy (non-hydrogen) atoms. The first-order chi connectivity index (χ1) is 8.20. The van der Waals surface area contributed by atoms with Gasteiger partial charge in [-0.05, 0) is 24.1 Å². The molecule has 5 nitrogen and oxygen atoms in total. The third-order valence-corrected chi connectivity index (χ3v) is 2.91. The molecule has 0 radical (unpaired) electrons. The zero-order valence-corrected chi connectivity index (χ0v) is 10.2. The first-order valence-electron chi connectivity index (χ1n) is 5.26. The Balaban J connectivity index is 2.16. The van der Waals surface area contributed by atoms with Gasteiger partial charge in [0.25, 0.3) is 0 Å². The van der Waals surface area contributed by atoms with E-state index in [0.29, 0.717) is 0 Å². The van der Waals surface area contributed by atoms with Crippen LogP contribution in [0.2, 0.25) is 5.02 Å². The van der Waals surface area contributed by atoms with E-state index in [9.17, 15) is 0 Å². The molecule has 6 heteroatoms. The molecule has 2 aromatic rings. The number of aromatic nitrogens is 3. The van der Waals surface area contributed by atoms with Gasteiger partial charge in [-0.15, -0.1) is 5.10 Å². The largest absolute Gasteiger partial charge is 0.271 e. The van der Waals surface area contributed by atoms with E-state index in [4.69, 9.17) is 17.4 Å². The monoisotopic (exact) mass is 251 g/mol. The van der Waals surface area contributed by atoms with Gasteiger partial charge in [0.1, 0.15) is 0 Å². The number of rotatable bonds is 4. The molecule has 2 rings (SSSR count). The van der Waals surface area contributed by atoms with E-state index < -0.39 is 0 Å². The van der Waals surface area contributed by atoms with E-state index in [1.54, 1.807) is 10.9 Å². The molecule has 1 aromatic carbocycles. The molecule has 0 saturated heterocycles. The Morgan fingerprint density at radius 1 is 1.41 bits per heavy atom. The van der Waals surface area contributed by atoms with Crippen LogP contribution in [-0.4, -0.2) is 15.0 Å². The van der Waals surface area contributed by atoms with Gasteiger partial charge in [0.15, 0.2) is 0 Å². The molecule has 1 aromatic heterocycles.